The zero-order valence-electron chi connectivity index (χ0n) is 35.9. The van der Waals surface area contributed by atoms with Crippen LogP contribution in [-0.4, -0.2) is 132 Å². The largest absolute Gasteiger partial charge is 0.456 e. The first kappa shape index (κ1) is 49.5. The fourth-order valence-corrected chi connectivity index (χ4v) is 9.42. The van der Waals surface area contributed by atoms with Gasteiger partial charge in [-0.2, -0.15) is 0 Å². The number of amides is 1. The lowest BCUT2D eigenvalue weighted by Gasteiger charge is -2.47. The highest BCUT2D eigenvalue weighted by Gasteiger charge is 2.56. The van der Waals surface area contributed by atoms with Gasteiger partial charge in [0.25, 0.3) is 11.7 Å². The number of allylic oxidation sites excluding steroid dienone is 4. The van der Waals surface area contributed by atoms with Gasteiger partial charge in [0, 0.05) is 52.0 Å². The van der Waals surface area contributed by atoms with Gasteiger partial charge in [0.15, 0.2) is 0 Å². The van der Waals surface area contributed by atoms with Crippen LogP contribution in [0.3, 0.4) is 0 Å². The highest BCUT2D eigenvalue weighted by atomic mass is 16.7. The molecule has 1 saturated carbocycles. The van der Waals surface area contributed by atoms with Gasteiger partial charge in [-0.3, -0.25) is 14.4 Å². The van der Waals surface area contributed by atoms with Crippen LogP contribution in [0.1, 0.15) is 105 Å². The summed E-state index contributed by atoms with van der Waals surface area (Å²) in [5.41, 5.74) is 1.61. The maximum absolute atomic E-state index is 14.3. The Kier molecular flexibility index (Phi) is 18.9. The summed E-state index contributed by atoms with van der Waals surface area (Å²) >= 11 is 0. The number of aliphatic hydroxyl groups is 3. The zero-order valence-corrected chi connectivity index (χ0v) is 35.9. The molecule has 4 rings (SSSR count). The van der Waals surface area contributed by atoms with Crippen LogP contribution in [0.5, 0.6) is 0 Å². The van der Waals surface area contributed by atoms with Crippen molar-refractivity contribution in [2.45, 2.75) is 160 Å². The van der Waals surface area contributed by atoms with Crippen LogP contribution >= 0.6 is 0 Å². The van der Waals surface area contributed by atoms with Crippen LogP contribution in [0.15, 0.2) is 36.0 Å². The molecule has 14 nitrogen and oxygen atoms in total. The van der Waals surface area contributed by atoms with E-state index in [1.807, 2.05) is 32.9 Å². The summed E-state index contributed by atoms with van der Waals surface area (Å²) in [5.74, 6) is -7.76. The molecule has 14 heteroatoms. The number of esters is 1. The monoisotopic (exact) mass is 821 g/mol. The van der Waals surface area contributed by atoms with E-state index in [1.165, 1.54) is 19.1 Å². The van der Waals surface area contributed by atoms with Crippen LogP contribution < -0.4 is 0 Å². The Labute approximate surface area is 344 Å². The zero-order chi connectivity index (χ0) is 42.2. The van der Waals surface area contributed by atoms with Crippen molar-refractivity contribution >= 4 is 23.4 Å². The third-order valence-electron chi connectivity index (χ3n) is 12.9. The summed E-state index contributed by atoms with van der Waals surface area (Å²) in [6.45, 7) is 13.1. The molecule has 0 aromatic rings. The minimum atomic E-state index is -2.51. The Morgan fingerprint density at radius 1 is 0.931 bits per heavy atom. The number of hydrogen-bond donors (Lipinski definition) is 3. The van der Waals surface area contributed by atoms with E-state index in [4.69, 9.17) is 23.7 Å². The molecule has 3 aliphatic heterocycles. The smallest absolute Gasteiger partial charge is 0.329 e. The molecule has 4 aliphatic rings. The predicted octanol–water partition coefficient (Wildman–Crippen LogP) is 3.81. The number of methoxy groups -OCH3 is 3. The molecule has 2 saturated heterocycles. The van der Waals surface area contributed by atoms with Crippen molar-refractivity contribution in [3.8, 4) is 0 Å². The quantitative estimate of drug-likeness (QED) is 0.190. The molecule has 0 spiro atoms. The number of ether oxygens (including phenoxy) is 5. The van der Waals surface area contributed by atoms with E-state index in [0.717, 1.165) is 5.57 Å². The summed E-state index contributed by atoms with van der Waals surface area (Å²) in [6, 6.07) is -1.14. The van der Waals surface area contributed by atoms with E-state index in [-0.39, 0.29) is 55.0 Å². The second-order valence-corrected chi connectivity index (χ2v) is 17.3. The maximum Gasteiger partial charge on any atom is 0.329 e. The highest BCUT2D eigenvalue weighted by molar-refractivity contribution is 6.39. The van der Waals surface area contributed by atoms with Gasteiger partial charge in [-0.05, 0) is 95.5 Å². The van der Waals surface area contributed by atoms with Gasteiger partial charge in [0.1, 0.15) is 24.0 Å². The molecule has 2 bridgehead atoms. The van der Waals surface area contributed by atoms with E-state index in [9.17, 15) is 34.5 Å². The van der Waals surface area contributed by atoms with E-state index in [1.54, 1.807) is 27.0 Å². The number of rotatable bonds is 7. The standard InChI is InChI=1S/C44H69NO12.H2O/c1-10-13-31-19-25(2)18-26(3)20-37(54-8)40-38(55-9)22-28(5)44(52,57-40)41(49)42(50)45-17-12-11-14-32(45)43(51)56-39(29(6)34(47)24-35(31)48)27(4)21-30-15-16-33(46)36(23-30)53-7;/h10,19,21,26,28-34,36-40,46-47,52H,1,11-18,20,22-24H2,2-9H3;1H2/b25-19+,27-21+;. The van der Waals surface area contributed by atoms with Crippen LogP contribution in [0.25, 0.3) is 0 Å². The summed E-state index contributed by atoms with van der Waals surface area (Å²) in [5, 5.41) is 34.1. The van der Waals surface area contributed by atoms with Gasteiger partial charge in [-0.15, -0.1) is 6.58 Å². The summed E-state index contributed by atoms with van der Waals surface area (Å²) in [7, 11) is 4.61. The fourth-order valence-electron chi connectivity index (χ4n) is 9.42. The molecule has 14 atom stereocenters. The number of piperidine rings is 1. The van der Waals surface area contributed by atoms with Crippen molar-refractivity contribution in [1.29, 1.82) is 0 Å². The molecule has 58 heavy (non-hydrogen) atoms. The Hall–Kier alpha value is -2.82. The number of Topliss-reactive ketones (excluding diaryl/α,β-unsaturated/α-hetero) is 2. The van der Waals surface area contributed by atoms with Crippen molar-refractivity contribution in [2.24, 2.45) is 29.6 Å². The molecular weight excluding hydrogens is 750 g/mol. The lowest BCUT2D eigenvalue weighted by Crippen LogP contribution is -2.64. The number of nitrogens with zero attached hydrogens (tertiary/aromatic N) is 1. The molecule has 1 aliphatic carbocycles. The second kappa shape index (κ2) is 22.1. The number of ketones is 2. The van der Waals surface area contributed by atoms with Crippen molar-refractivity contribution in [2.75, 3.05) is 27.9 Å². The number of hydrogen-bond acceptors (Lipinski definition) is 12. The lowest BCUT2D eigenvalue weighted by atomic mass is 9.81. The number of aliphatic hydroxyl groups excluding tert-OH is 2. The Bertz CT molecular complexity index is 1480. The van der Waals surface area contributed by atoms with E-state index >= 15 is 0 Å². The average Bonchev–Trinajstić information content (AvgIpc) is 3.18. The molecule has 330 valence electrons. The fraction of sp³-hybridized carbons (Fsp3) is 0.773. The minimum Gasteiger partial charge on any atom is -0.456 e. The van der Waals surface area contributed by atoms with Gasteiger partial charge in [0.2, 0.25) is 5.79 Å². The van der Waals surface area contributed by atoms with Gasteiger partial charge in [-0.25, -0.2) is 4.79 Å². The summed E-state index contributed by atoms with van der Waals surface area (Å²) < 4.78 is 29.7. The van der Waals surface area contributed by atoms with Gasteiger partial charge in [-0.1, -0.05) is 44.6 Å². The molecule has 0 radical (unpaired) electrons. The van der Waals surface area contributed by atoms with Crippen molar-refractivity contribution in [3.05, 3.63) is 36.0 Å². The summed E-state index contributed by atoms with van der Waals surface area (Å²) in [6.07, 6.45) is 4.93. The first-order valence-electron chi connectivity index (χ1n) is 20.9. The molecule has 1 amide bonds. The second-order valence-electron chi connectivity index (χ2n) is 17.3. The van der Waals surface area contributed by atoms with Crippen LogP contribution in [-0.2, 0) is 42.9 Å². The normalized spacial score (nSPS) is 40.3. The predicted molar refractivity (Wildman–Crippen MR) is 216 cm³/mol. The number of carbonyl (C=O) groups excluding carboxylic acids is 4. The maximum atomic E-state index is 14.3. The first-order chi connectivity index (χ1) is 27.0. The first-order valence-corrected chi connectivity index (χ1v) is 20.9. The molecule has 3 heterocycles. The number of carbonyl (C=O) groups is 4. The van der Waals surface area contributed by atoms with Gasteiger partial charge < -0.3 is 49.4 Å². The highest BCUT2D eigenvalue weighted by Crippen LogP contribution is 2.39. The van der Waals surface area contributed by atoms with E-state index in [0.29, 0.717) is 56.9 Å². The molecule has 0 aromatic carbocycles. The third kappa shape index (κ3) is 11.7. The topological polar surface area (TPSA) is 210 Å². The van der Waals surface area contributed by atoms with E-state index in [2.05, 4.69) is 6.58 Å². The molecule has 0 aromatic heterocycles. The number of cyclic esters (lactones) is 1. The lowest BCUT2D eigenvalue weighted by molar-refractivity contribution is -0.302. The van der Waals surface area contributed by atoms with E-state index < -0.39 is 83.9 Å². The SMILES string of the molecule is C=CCC1/C=C(\C)CC(C)CC(OC)C2OC(O)(C(=O)C(=O)N3CCCCC3C(=O)OC(/C(C)=C/C3CCC(O)C(OC)C3)C(C)C(O)CC1=O)C(C)CC2OC.O. The Morgan fingerprint density at radius 2 is 1.59 bits per heavy atom. The van der Waals surface area contributed by atoms with Gasteiger partial charge in [0.05, 0.1) is 30.5 Å². The van der Waals surface area contributed by atoms with Crippen molar-refractivity contribution in [3.63, 3.8) is 0 Å². The number of fused-ring (bicyclic) bond motifs is 3. The average molecular weight is 822 g/mol. The molecule has 3 fully saturated rings. The summed E-state index contributed by atoms with van der Waals surface area (Å²) in [4.78, 5) is 57.8. The van der Waals surface area contributed by atoms with Crippen molar-refractivity contribution in [1.82, 2.24) is 4.90 Å². The third-order valence-corrected chi connectivity index (χ3v) is 12.9. The van der Waals surface area contributed by atoms with Crippen LogP contribution in [0.4, 0.5) is 0 Å². The van der Waals surface area contributed by atoms with Crippen LogP contribution in [0.2, 0.25) is 0 Å². The Morgan fingerprint density at radius 3 is 2.22 bits per heavy atom. The minimum absolute atomic E-state index is 0. The molecular formula is C44H71NO13. The van der Waals surface area contributed by atoms with Crippen molar-refractivity contribution < 1.29 is 63.7 Å². The molecule has 14 unspecified atom stereocenters. The van der Waals surface area contributed by atoms with Gasteiger partial charge >= 0.3 is 5.97 Å². The van der Waals surface area contributed by atoms with Crippen LogP contribution in [0, 0.1) is 29.6 Å². The molecule has 5 N–H and O–H groups in total. The Balaban J connectivity index is 0.00000900.